The molecule has 1 amide bonds. The second-order valence-electron chi connectivity index (χ2n) is 3.99. The summed E-state index contributed by atoms with van der Waals surface area (Å²) in [6.45, 7) is -0.222. The number of nitrogens with one attached hydrogen (secondary N) is 1. The fourth-order valence-electron chi connectivity index (χ4n) is 1.47. The summed E-state index contributed by atoms with van der Waals surface area (Å²) in [5.41, 5.74) is 1.26. The molecule has 0 aliphatic heterocycles. The van der Waals surface area contributed by atoms with Crippen LogP contribution in [0.1, 0.15) is 5.69 Å². The van der Waals surface area contributed by atoms with Gasteiger partial charge in [0.15, 0.2) is 6.61 Å². The zero-order chi connectivity index (χ0) is 14.4. The number of benzene rings is 1. The summed E-state index contributed by atoms with van der Waals surface area (Å²) in [5, 5.41) is 11.6. The second-order valence-corrected chi connectivity index (χ2v) is 4.90. The molecule has 2 rings (SSSR count). The van der Waals surface area contributed by atoms with Gasteiger partial charge in [-0.05, 0) is 36.4 Å². The molecule has 2 aromatic rings. The molecule has 0 radical (unpaired) electrons. The average molecular weight is 337 g/mol. The molecule has 2 N–H and O–H groups in total. The Morgan fingerprint density at radius 2 is 2.00 bits per heavy atom. The number of carbonyl (C=O) groups is 1. The highest BCUT2D eigenvalue weighted by atomic mass is 79.9. The molecular weight excluding hydrogens is 324 g/mol. The van der Waals surface area contributed by atoms with Gasteiger partial charge < -0.3 is 15.2 Å². The molecule has 5 nitrogen and oxygen atoms in total. The zero-order valence-electron chi connectivity index (χ0n) is 10.5. The SMILES string of the molecule is O=C(COc1ccc(CO)nc1)Nc1ccc(Br)cc1. The normalized spacial score (nSPS) is 10.1. The van der Waals surface area contributed by atoms with Crippen molar-refractivity contribution in [2.75, 3.05) is 11.9 Å². The Morgan fingerprint density at radius 3 is 2.60 bits per heavy atom. The summed E-state index contributed by atoms with van der Waals surface area (Å²) in [5.74, 6) is 0.228. The monoisotopic (exact) mass is 336 g/mol. The highest BCUT2D eigenvalue weighted by molar-refractivity contribution is 9.10. The first kappa shape index (κ1) is 14.5. The van der Waals surface area contributed by atoms with Crippen LogP contribution in [0.15, 0.2) is 47.1 Å². The van der Waals surface area contributed by atoms with Gasteiger partial charge in [0.1, 0.15) is 5.75 Å². The summed E-state index contributed by atoms with van der Waals surface area (Å²) in [7, 11) is 0. The number of aliphatic hydroxyl groups is 1. The van der Waals surface area contributed by atoms with Crippen molar-refractivity contribution in [1.82, 2.24) is 4.98 Å². The van der Waals surface area contributed by atoms with Gasteiger partial charge in [0.05, 0.1) is 18.5 Å². The van der Waals surface area contributed by atoms with E-state index in [1.807, 2.05) is 12.1 Å². The maximum absolute atomic E-state index is 11.7. The lowest BCUT2D eigenvalue weighted by atomic mass is 10.3. The lowest BCUT2D eigenvalue weighted by Gasteiger charge is -2.07. The molecule has 0 unspecified atom stereocenters. The van der Waals surface area contributed by atoms with Gasteiger partial charge in [-0.2, -0.15) is 0 Å². The van der Waals surface area contributed by atoms with E-state index in [1.165, 1.54) is 6.20 Å². The lowest BCUT2D eigenvalue weighted by Crippen LogP contribution is -2.20. The summed E-state index contributed by atoms with van der Waals surface area (Å²) >= 11 is 3.32. The summed E-state index contributed by atoms with van der Waals surface area (Å²) in [6, 6.07) is 10.6. The van der Waals surface area contributed by atoms with Crippen LogP contribution in [0.3, 0.4) is 0 Å². The number of rotatable bonds is 5. The minimum atomic E-state index is -0.251. The molecule has 0 spiro atoms. The minimum absolute atomic E-state index is 0.101. The van der Waals surface area contributed by atoms with Gasteiger partial charge in [-0.3, -0.25) is 9.78 Å². The topological polar surface area (TPSA) is 71.5 Å². The van der Waals surface area contributed by atoms with Crippen molar-refractivity contribution < 1.29 is 14.6 Å². The number of carbonyl (C=O) groups excluding carboxylic acids is 1. The van der Waals surface area contributed by atoms with Crippen LogP contribution < -0.4 is 10.1 Å². The Hall–Kier alpha value is -1.92. The fourth-order valence-corrected chi connectivity index (χ4v) is 1.73. The Kier molecular flexibility index (Phi) is 5.09. The van der Waals surface area contributed by atoms with Gasteiger partial charge >= 0.3 is 0 Å². The standard InChI is InChI=1S/C14H13BrN2O3/c15-10-1-3-11(4-2-10)17-14(19)9-20-13-6-5-12(8-18)16-7-13/h1-7,18H,8-9H2,(H,17,19). The number of aromatic nitrogens is 1. The van der Waals surface area contributed by atoms with Gasteiger partial charge in [0.25, 0.3) is 5.91 Å². The number of anilines is 1. The molecule has 0 bridgehead atoms. The van der Waals surface area contributed by atoms with Crippen LogP contribution in [-0.2, 0) is 11.4 Å². The Bertz CT molecular complexity index is 570. The summed E-state index contributed by atoms with van der Waals surface area (Å²) in [4.78, 5) is 15.6. The number of nitrogens with zero attached hydrogens (tertiary/aromatic N) is 1. The first-order chi connectivity index (χ1) is 9.67. The van der Waals surface area contributed by atoms with E-state index in [1.54, 1.807) is 24.3 Å². The molecule has 0 saturated heterocycles. The molecule has 1 aromatic carbocycles. The Labute approximate surface area is 124 Å². The van der Waals surface area contributed by atoms with Crippen LogP contribution in [-0.4, -0.2) is 22.6 Å². The maximum Gasteiger partial charge on any atom is 0.262 e. The number of halogens is 1. The van der Waals surface area contributed by atoms with E-state index >= 15 is 0 Å². The van der Waals surface area contributed by atoms with Crippen molar-refractivity contribution in [1.29, 1.82) is 0 Å². The van der Waals surface area contributed by atoms with Gasteiger partial charge in [0.2, 0.25) is 0 Å². The molecule has 0 aliphatic carbocycles. The quantitative estimate of drug-likeness (QED) is 0.879. The molecule has 0 fully saturated rings. The predicted molar refractivity (Wildman–Crippen MR) is 78.4 cm³/mol. The van der Waals surface area contributed by atoms with E-state index in [9.17, 15) is 4.79 Å². The molecule has 0 aliphatic rings. The minimum Gasteiger partial charge on any atom is -0.482 e. The van der Waals surface area contributed by atoms with Crippen molar-refractivity contribution in [2.45, 2.75) is 6.61 Å². The van der Waals surface area contributed by atoms with Crippen molar-refractivity contribution in [3.63, 3.8) is 0 Å². The first-order valence-corrected chi connectivity index (χ1v) is 6.70. The number of amides is 1. The Balaban J connectivity index is 1.83. The van der Waals surface area contributed by atoms with Crippen molar-refractivity contribution in [2.24, 2.45) is 0 Å². The third kappa shape index (κ3) is 4.32. The van der Waals surface area contributed by atoms with E-state index in [-0.39, 0.29) is 19.1 Å². The molecule has 104 valence electrons. The number of ether oxygens (including phenoxy) is 1. The molecule has 1 heterocycles. The van der Waals surface area contributed by atoms with E-state index in [4.69, 9.17) is 9.84 Å². The molecule has 0 atom stereocenters. The van der Waals surface area contributed by atoms with Crippen molar-refractivity contribution in [3.8, 4) is 5.75 Å². The van der Waals surface area contributed by atoms with E-state index in [0.29, 0.717) is 17.1 Å². The Morgan fingerprint density at radius 1 is 1.25 bits per heavy atom. The predicted octanol–water partition coefficient (Wildman–Crippen LogP) is 2.35. The van der Waals surface area contributed by atoms with Gasteiger partial charge in [-0.15, -0.1) is 0 Å². The average Bonchev–Trinajstić information content (AvgIpc) is 2.48. The number of pyridine rings is 1. The number of hydrogen-bond acceptors (Lipinski definition) is 4. The smallest absolute Gasteiger partial charge is 0.262 e. The van der Waals surface area contributed by atoms with Crippen LogP contribution >= 0.6 is 15.9 Å². The summed E-state index contributed by atoms with van der Waals surface area (Å²) in [6.07, 6.45) is 1.47. The molecular formula is C14H13BrN2O3. The first-order valence-electron chi connectivity index (χ1n) is 5.91. The second kappa shape index (κ2) is 7.02. The molecule has 1 aromatic heterocycles. The zero-order valence-corrected chi connectivity index (χ0v) is 12.1. The van der Waals surface area contributed by atoms with Gasteiger partial charge in [-0.1, -0.05) is 15.9 Å². The number of hydrogen-bond donors (Lipinski definition) is 2. The van der Waals surface area contributed by atoms with E-state index in [2.05, 4.69) is 26.2 Å². The third-order valence-corrected chi connectivity index (χ3v) is 2.99. The lowest BCUT2D eigenvalue weighted by molar-refractivity contribution is -0.118. The summed E-state index contributed by atoms with van der Waals surface area (Å²) < 4.78 is 6.24. The van der Waals surface area contributed by atoms with Crippen molar-refractivity contribution in [3.05, 3.63) is 52.8 Å². The van der Waals surface area contributed by atoms with Crippen molar-refractivity contribution >= 4 is 27.5 Å². The molecule has 20 heavy (non-hydrogen) atoms. The highest BCUT2D eigenvalue weighted by Crippen LogP contribution is 2.14. The third-order valence-electron chi connectivity index (χ3n) is 2.46. The van der Waals surface area contributed by atoms with Crippen LogP contribution in [0.4, 0.5) is 5.69 Å². The largest absolute Gasteiger partial charge is 0.482 e. The highest BCUT2D eigenvalue weighted by Gasteiger charge is 2.04. The molecule has 0 saturated carbocycles. The van der Waals surface area contributed by atoms with Crippen LogP contribution in [0.5, 0.6) is 5.75 Å². The fraction of sp³-hybridized carbons (Fsp3) is 0.143. The van der Waals surface area contributed by atoms with Crippen LogP contribution in [0.25, 0.3) is 0 Å². The van der Waals surface area contributed by atoms with Crippen LogP contribution in [0.2, 0.25) is 0 Å². The van der Waals surface area contributed by atoms with E-state index < -0.39 is 0 Å². The van der Waals surface area contributed by atoms with Crippen LogP contribution in [0, 0.1) is 0 Å². The van der Waals surface area contributed by atoms with Gasteiger partial charge in [0, 0.05) is 10.2 Å². The van der Waals surface area contributed by atoms with Gasteiger partial charge in [-0.25, -0.2) is 0 Å². The number of aliphatic hydroxyl groups excluding tert-OH is 1. The van der Waals surface area contributed by atoms with E-state index in [0.717, 1.165) is 4.47 Å². The maximum atomic E-state index is 11.7. The molecule has 6 heteroatoms.